The molecule has 1 N–H and O–H groups in total. The van der Waals surface area contributed by atoms with Crippen molar-refractivity contribution < 1.29 is 14.3 Å². The zero-order valence-electron chi connectivity index (χ0n) is 13.4. The molecule has 1 aromatic rings. The van der Waals surface area contributed by atoms with Crippen LogP contribution in [0.15, 0.2) is 18.1 Å². The third-order valence-corrected chi connectivity index (χ3v) is 3.44. The van der Waals surface area contributed by atoms with Crippen LogP contribution in [0.1, 0.15) is 60.9 Å². The molecular weight excluding hydrogens is 266 g/mol. The molecule has 1 fully saturated rings. The Balaban J connectivity index is 2.28. The standard InChI is InChI=1S/C17H23NO3/c1-10-7-8-13(20-10)9-14-11(2)12(3)15(18-14)16(19)21-17(4,5)6/h9,18H,1,7-8H2,2-6H3/b13-9+. The summed E-state index contributed by atoms with van der Waals surface area (Å²) in [4.78, 5) is 15.4. The average Bonchev–Trinajstić information content (AvgIpc) is 2.86. The minimum Gasteiger partial charge on any atom is -0.467 e. The van der Waals surface area contributed by atoms with Gasteiger partial charge in [-0.15, -0.1) is 0 Å². The fraction of sp³-hybridized carbons (Fsp3) is 0.471. The van der Waals surface area contributed by atoms with E-state index in [0.717, 1.165) is 41.2 Å². The lowest BCUT2D eigenvalue weighted by Gasteiger charge is -2.19. The summed E-state index contributed by atoms with van der Waals surface area (Å²) < 4.78 is 11.0. The van der Waals surface area contributed by atoms with Gasteiger partial charge in [0.2, 0.25) is 0 Å². The number of ether oxygens (including phenoxy) is 2. The highest BCUT2D eigenvalue weighted by molar-refractivity contribution is 5.90. The van der Waals surface area contributed by atoms with Crippen LogP contribution in [0.2, 0.25) is 0 Å². The number of nitrogens with one attached hydrogen (secondary N) is 1. The fourth-order valence-corrected chi connectivity index (χ4v) is 2.20. The highest BCUT2D eigenvalue weighted by Crippen LogP contribution is 2.28. The number of carbonyl (C=O) groups is 1. The highest BCUT2D eigenvalue weighted by atomic mass is 16.6. The second-order valence-electron chi connectivity index (χ2n) is 6.42. The Labute approximate surface area is 125 Å². The van der Waals surface area contributed by atoms with Gasteiger partial charge in [-0.1, -0.05) is 6.58 Å². The van der Waals surface area contributed by atoms with E-state index in [4.69, 9.17) is 9.47 Å². The Morgan fingerprint density at radius 3 is 2.48 bits per heavy atom. The van der Waals surface area contributed by atoms with E-state index in [0.29, 0.717) is 5.69 Å². The van der Waals surface area contributed by atoms with E-state index in [-0.39, 0.29) is 5.97 Å². The molecule has 1 aliphatic heterocycles. The Bertz CT molecular complexity index is 615. The normalized spacial score (nSPS) is 17.2. The van der Waals surface area contributed by atoms with Crippen molar-refractivity contribution >= 4 is 12.0 Å². The molecule has 1 aromatic heterocycles. The molecule has 0 aliphatic carbocycles. The van der Waals surface area contributed by atoms with Crippen LogP contribution >= 0.6 is 0 Å². The minimum absolute atomic E-state index is 0.329. The van der Waals surface area contributed by atoms with E-state index in [2.05, 4.69) is 11.6 Å². The van der Waals surface area contributed by atoms with Gasteiger partial charge < -0.3 is 14.5 Å². The maximum Gasteiger partial charge on any atom is 0.355 e. The molecule has 4 nitrogen and oxygen atoms in total. The monoisotopic (exact) mass is 289 g/mol. The number of allylic oxidation sites excluding steroid dienone is 2. The SMILES string of the molecule is C=C1CC/C(=C\c2[nH]c(C(=O)OC(C)(C)C)c(C)c2C)O1. The van der Waals surface area contributed by atoms with Crippen LogP contribution in [-0.4, -0.2) is 16.6 Å². The maximum absolute atomic E-state index is 12.2. The maximum atomic E-state index is 12.2. The Kier molecular flexibility index (Phi) is 3.99. The molecule has 114 valence electrons. The first-order chi connectivity index (χ1) is 9.67. The number of aromatic amines is 1. The third-order valence-electron chi connectivity index (χ3n) is 3.44. The van der Waals surface area contributed by atoms with Gasteiger partial charge in [0.15, 0.2) is 0 Å². The first-order valence-electron chi connectivity index (χ1n) is 7.16. The summed E-state index contributed by atoms with van der Waals surface area (Å²) in [6.07, 6.45) is 3.63. The van der Waals surface area contributed by atoms with Gasteiger partial charge in [0.05, 0.1) is 5.76 Å². The zero-order valence-corrected chi connectivity index (χ0v) is 13.4. The number of H-pyrrole nitrogens is 1. The molecule has 2 rings (SSSR count). The Hall–Kier alpha value is -1.97. The minimum atomic E-state index is -0.506. The predicted molar refractivity (Wildman–Crippen MR) is 82.9 cm³/mol. The lowest BCUT2D eigenvalue weighted by Crippen LogP contribution is -2.24. The summed E-state index contributed by atoms with van der Waals surface area (Å²) in [7, 11) is 0. The van der Waals surface area contributed by atoms with Gasteiger partial charge in [-0.3, -0.25) is 0 Å². The van der Waals surface area contributed by atoms with Crippen LogP contribution in [0.5, 0.6) is 0 Å². The second-order valence-corrected chi connectivity index (χ2v) is 6.42. The molecule has 2 heterocycles. The molecule has 1 aliphatic rings. The van der Waals surface area contributed by atoms with Crippen LogP contribution in [-0.2, 0) is 9.47 Å². The van der Waals surface area contributed by atoms with Crippen molar-refractivity contribution in [2.75, 3.05) is 0 Å². The predicted octanol–water partition coefficient (Wildman–Crippen LogP) is 4.25. The summed E-state index contributed by atoms with van der Waals surface area (Å²) in [6.45, 7) is 13.3. The molecule has 0 spiro atoms. The Morgan fingerprint density at radius 1 is 1.29 bits per heavy atom. The second kappa shape index (κ2) is 5.43. The van der Waals surface area contributed by atoms with Crippen LogP contribution in [0.4, 0.5) is 0 Å². The molecule has 0 radical (unpaired) electrons. The van der Waals surface area contributed by atoms with Crippen LogP contribution < -0.4 is 0 Å². The summed E-state index contributed by atoms with van der Waals surface area (Å²) in [6, 6.07) is 0. The molecule has 0 amide bonds. The van der Waals surface area contributed by atoms with E-state index in [1.54, 1.807) is 0 Å². The Morgan fingerprint density at radius 2 is 1.95 bits per heavy atom. The van der Waals surface area contributed by atoms with E-state index >= 15 is 0 Å². The quantitative estimate of drug-likeness (QED) is 0.828. The van der Waals surface area contributed by atoms with E-state index in [9.17, 15) is 4.79 Å². The summed E-state index contributed by atoms with van der Waals surface area (Å²) in [5, 5.41) is 0. The van der Waals surface area contributed by atoms with Gasteiger partial charge in [0.1, 0.15) is 17.1 Å². The van der Waals surface area contributed by atoms with Gasteiger partial charge in [-0.2, -0.15) is 0 Å². The van der Waals surface area contributed by atoms with Crippen molar-refractivity contribution in [3.05, 3.63) is 40.6 Å². The summed E-state index contributed by atoms with van der Waals surface area (Å²) >= 11 is 0. The fourth-order valence-electron chi connectivity index (χ4n) is 2.20. The van der Waals surface area contributed by atoms with Crippen molar-refractivity contribution in [1.29, 1.82) is 0 Å². The smallest absolute Gasteiger partial charge is 0.355 e. The van der Waals surface area contributed by atoms with Crippen LogP contribution in [0.3, 0.4) is 0 Å². The molecule has 4 heteroatoms. The van der Waals surface area contributed by atoms with Gasteiger partial charge in [-0.05, 0) is 45.7 Å². The molecule has 21 heavy (non-hydrogen) atoms. The van der Waals surface area contributed by atoms with E-state index in [1.807, 2.05) is 40.7 Å². The number of aromatic nitrogens is 1. The number of hydrogen-bond donors (Lipinski definition) is 1. The van der Waals surface area contributed by atoms with Crippen LogP contribution in [0, 0.1) is 13.8 Å². The number of rotatable bonds is 2. The summed E-state index contributed by atoms with van der Waals surface area (Å²) in [5.74, 6) is 1.33. The first-order valence-corrected chi connectivity index (χ1v) is 7.16. The third kappa shape index (κ3) is 3.57. The average molecular weight is 289 g/mol. The van der Waals surface area contributed by atoms with Crippen LogP contribution in [0.25, 0.3) is 6.08 Å². The van der Waals surface area contributed by atoms with Gasteiger partial charge in [0, 0.05) is 24.6 Å². The summed E-state index contributed by atoms with van der Waals surface area (Å²) in [5.41, 5.74) is 2.83. The molecule has 0 bridgehead atoms. The molecule has 0 atom stereocenters. The number of hydrogen-bond acceptors (Lipinski definition) is 3. The number of esters is 1. The van der Waals surface area contributed by atoms with E-state index in [1.165, 1.54) is 0 Å². The molecule has 0 aromatic carbocycles. The van der Waals surface area contributed by atoms with Gasteiger partial charge in [0.25, 0.3) is 0 Å². The van der Waals surface area contributed by atoms with Crippen molar-refractivity contribution in [2.45, 2.75) is 53.1 Å². The van der Waals surface area contributed by atoms with Gasteiger partial charge in [-0.25, -0.2) is 4.79 Å². The van der Waals surface area contributed by atoms with Crippen molar-refractivity contribution in [2.24, 2.45) is 0 Å². The highest BCUT2D eigenvalue weighted by Gasteiger charge is 2.23. The molecule has 0 unspecified atom stereocenters. The molecule has 0 saturated carbocycles. The van der Waals surface area contributed by atoms with Crippen molar-refractivity contribution in [3.8, 4) is 0 Å². The largest absolute Gasteiger partial charge is 0.467 e. The molecular formula is C17H23NO3. The topological polar surface area (TPSA) is 51.3 Å². The lowest BCUT2D eigenvalue weighted by molar-refractivity contribution is 0.00627. The van der Waals surface area contributed by atoms with Gasteiger partial charge >= 0.3 is 5.97 Å². The zero-order chi connectivity index (χ0) is 15.8. The number of carbonyl (C=O) groups excluding carboxylic acids is 1. The van der Waals surface area contributed by atoms with E-state index < -0.39 is 5.60 Å². The molecule has 1 saturated heterocycles. The lowest BCUT2D eigenvalue weighted by atomic mass is 10.1. The van der Waals surface area contributed by atoms with Crippen molar-refractivity contribution in [3.63, 3.8) is 0 Å². The first kappa shape index (κ1) is 15.4. The van der Waals surface area contributed by atoms with Crippen molar-refractivity contribution in [1.82, 2.24) is 4.98 Å².